The predicted molar refractivity (Wildman–Crippen MR) is 40.6 cm³/mol. The molecule has 1 aliphatic heterocycles. The summed E-state index contributed by atoms with van der Waals surface area (Å²) in [6.07, 6.45) is 2.22. The number of piperidine rings is 1. The maximum absolute atomic E-state index is 11.1. The van der Waals surface area contributed by atoms with Gasteiger partial charge in [-0.15, -0.1) is 0 Å². The molecule has 0 aromatic rings. The number of hydrogen-bond donors (Lipinski definition) is 1. The Labute approximate surface area is 62.0 Å². The van der Waals surface area contributed by atoms with Gasteiger partial charge in [-0.05, 0) is 18.8 Å². The molecule has 0 aliphatic carbocycles. The maximum Gasteiger partial charge on any atom is 0.223 e. The minimum atomic E-state index is 0.251. The second-order valence-electron chi connectivity index (χ2n) is 3.28. The van der Waals surface area contributed by atoms with Crippen LogP contribution in [0.3, 0.4) is 0 Å². The predicted octanol–water partition coefficient (Wildman–Crippen LogP) is 1.17. The van der Waals surface area contributed by atoms with Crippen LogP contribution >= 0.6 is 0 Å². The third kappa shape index (κ3) is 1.49. The summed E-state index contributed by atoms with van der Waals surface area (Å²) >= 11 is 0. The highest BCUT2D eigenvalue weighted by Crippen LogP contribution is 2.19. The molecule has 58 valence electrons. The fourth-order valence-corrected chi connectivity index (χ4v) is 1.43. The summed E-state index contributed by atoms with van der Waals surface area (Å²) in [5.74, 6) is 1.02. The normalized spacial score (nSPS) is 26.7. The van der Waals surface area contributed by atoms with E-state index in [4.69, 9.17) is 0 Å². The first-order valence-corrected chi connectivity index (χ1v) is 3.99. The monoisotopic (exact) mass is 141 g/mol. The van der Waals surface area contributed by atoms with Gasteiger partial charge in [0, 0.05) is 12.5 Å². The van der Waals surface area contributed by atoms with E-state index in [0.29, 0.717) is 5.92 Å². The third-order valence-corrected chi connectivity index (χ3v) is 2.13. The van der Waals surface area contributed by atoms with Crippen molar-refractivity contribution in [3.8, 4) is 0 Å². The van der Waals surface area contributed by atoms with E-state index in [1.54, 1.807) is 0 Å². The van der Waals surface area contributed by atoms with Crippen LogP contribution in [0.1, 0.15) is 26.7 Å². The Bertz CT molecular complexity index is 131. The highest BCUT2D eigenvalue weighted by atomic mass is 16.1. The molecular formula is C8H15NO. The summed E-state index contributed by atoms with van der Waals surface area (Å²) in [5.41, 5.74) is 0. The van der Waals surface area contributed by atoms with Crippen molar-refractivity contribution in [3.05, 3.63) is 0 Å². The quantitative estimate of drug-likeness (QED) is 0.583. The van der Waals surface area contributed by atoms with E-state index in [1.165, 1.54) is 0 Å². The lowest BCUT2D eigenvalue weighted by atomic mass is 9.88. The third-order valence-electron chi connectivity index (χ3n) is 2.13. The number of nitrogens with one attached hydrogen (secondary N) is 1. The zero-order chi connectivity index (χ0) is 7.56. The molecule has 0 aromatic carbocycles. The van der Waals surface area contributed by atoms with E-state index >= 15 is 0 Å². The van der Waals surface area contributed by atoms with Crippen LogP contribution in [0.5, 0.6) is 0 Å². The Balaban J connectivity index is 2.48. The Hall–Kier alpha value is -0.530. The van der Waals surface area contributed by atoms with Crippen molar-refractivity contribution in [2.45, 2.75) is 26.7 Å². The van der Waals surface area contributed by atoms with Crippen LogP contribution in [0.25, 0.3) is 0 Å². The van der Waals surface area contributed by atoms with Crippen molar-refractivity contribution in [3.63, 3.8) is 0 Å². The van der Waals surface area contributed by atoms with E-state index in [2.05, 4.69) is 19.2 Å². The van der Waals surface area contributed by atoms with Gasteiger partial charge < -0.3 is 5.32 Å². The molecular weight excluding hydrogens is 126 g/mol. The summed E-state index contributed by atoms with van der Waals surface area (Å²) in [4.78, 5) is 11.1. The van der Waals surface area contributed by atoms with Crippen molar-refractivity contribution in [1.82, 2.24) is 5.32 Å². The van der Waals surface area contributed by atoms with Gasteiger partial charge in [0.05, 0.1) is 0 Å². The molecule has 0 radical (unpaired) electrons. The van der Waals surface area contributed by atoms with Crippen LogP contribution in [0, 0.1) is 11.8 Å². The van der Waals surface area contributed by atoms with Gasteiger partial charge in [0.2, 0.25) is 5.91 Å². The SMILES string of the molecule is CC(C)[C@H]1CCCNC1=O. The van der Waals surface area contributed by atoms with Crippen molar-refractivity contribution in [2.24, 2.45) is 11.8 Å². The van der Waals surface area contributed by atoms with Gasteiger partial charge in [-0.25, -0.2) is 0 Å². The van der Waals surface area contributed by atoms with Gasteiger partial charge in [-0.1, -0.05) is 13.8 Å². The Morgan fingerprint density at radius 3 is 2.70 bits per heavy atom. The Kier molecular flexibility index (Phi) is 2.30. The summed E-state index contributed by atoms with van der Waals surface area (Å²) in [6.45, 7) is 5.09. The molecule has 1 N–H and O–H groups in total. The van der Waals surface area contributed by atoms with Gasteiger partial charge >= 0.3 is 0 Å². The second kappa shape index (κ2) is 3.04. The summed E-state index contributed by atoms with van der Waals surface area (Å²) in [6, 6.07) is 0. The topological polar surface area (TPSA) is 29.1 Å². The molecule has 0 bridgehead atoms. The minimum Gasteiger partial charge on any atom is -0.356 e. The number of hydrogen-bond acceptors (Lipinski definition) is 1. The average Bonchev–Trinajstić information content (AvgIpc) is 1.88. The first kappa shape index (κ1) is 7.58. The maximum atomic E-state index is 11.1. The molecule has 10 heavy (non-hydrogen) atoms. The molecule has 1 rings (SSSR count). The van der Waals surface area contributed by atoms with Crippen molar-refractivity contribution in [2.75, 3.05) is 6.54 Å². The highest BCUT2D eigenvalue weighted by molar-refractivity contribution is 5.79. The van der Waals surface area contributed by atoms with E-state index in [-0.39, 0.29) is 11.8 Å². The number of carbonyl (C=O) groups excluding carboxylic acids is 1. The van der Waals surface area contributed by atoms with Crippen LogP contribution in [0.15, 0.2) is 0 Å². The number of rotatable bonds is 1. The lowest BCUT2D eigenvalue weighted by molar-refractivity contribution is -0.128. The second-order valence-corrected chi connectivity index (χ2v) is 3.28. The van der Waals surface area contributed by atoms with Crippen LogP contribution < -0.4 is 5.32 Å². The van der Waals surface area contributed by atoms with E-state index in [1.807, 2.05) is 0 Å². The number of carbonyl (C=O) groups is 1. The van der Waals surface area contributed by atoms with E-state index < -0.39 is 0 Å². The highest BCUT2D eigenvalue weighted by Gasteiger charge is 2.24. The molecule has 2 heteroatoms. The molecule has 0 saturated carbocycles. The Morgan fingerprint density at radius 1 is 1.60 bits per heavy atom. The molecule has 2 nitrogen and oxygen atoms in total. The van der Waals surface area contributed by atoms with E-state index in [0.717, 1.165) is 19.4 Å². The van der Waals surface area contributed by atoms with Crippen LogP contribution in [0.4, 0.5) is 0 Å². The summed E-state index contributed by atoms with van der Waals surface area (Å²) in [5, 5.41) is 2.87. The standard InChI is InChI=1S/C8H15NO/c1-6(2)7-4-3-5-9-8(7)10/h6-7H,3-5H2,1-2H3,(H,9,10)/t7-/m1/s1. The summed E-state index contributed by atoms with van der Waals surface area (Å²) in [7, 11) is 0. The fourth-order valence-electron chi connectivity index (χ4n) is 1.43. The molecule has 0 spiro atoms. The van der Waals surface area contributed by atoms with Crippen molar-refractivity contribution in [1.29, 1.82) is 0 Å². The first-order valence-electron chi connectivity index (χ1n) is 3.99. The van der Waals surface area contributed by atoms with Crippen molar-refractivity contribution >= 4 is 5.91 Å². The van der Waals surface area contributed by atoms with Crippen LogP contribution in [-0.2, 0) is 4.79 Å². The van der Waals surface area contributed by atoms with Crippen LogP contribution in [-0.4, -0.2) is 12.5 Å². The molecule has 0 aromatic heterocycles. The smallest absolute Gasteiger partial charge is 0.223 e. The average molecular weight is 141 g/mol. The largest absolute Gasteiger partial charge is 0.356 e. The van der Waals surface area contributed by atoms with Gasteiger partial charge in [0.1, 0.15) is 0 Å². The fraction of sp³-hybridized carbons (Fsp3) is 0.875. The van der Waals surface area contributed by atoms with Gasteiger partial charge in [-0.2, -0.15) is 0 Å². The first-order chi connectivity index (χ1) is 4.72. The lowest BCUT2D eigenvalue weighted by Crippen LogP contribution is -2.38. The molecule has 0 unspecified atom stereocenters. The van der Waals surface area contributed by atoms with Crippen LogP contribution in [0.2, 0.25) is 0 Å². The number of amides is 1. The van der Waals surface area contributed by atoms with Gasteiger partial charge in [0.25, 0.3) is 0 Å². The summed E-state index contributed by atoms with van der Waals surface area (Å²) < 4.78 is 0. The molecule has 1 heterocycles. The Morgan fingerprint density at radius 2 is 2.30 bits per heavy atom. The van der Waals surface area contributed by atoms with Gasteiger partial charge in [-0.3, -0.25) is 4.79 Å². The van der Waals surface area contributed by atoms with Crippen molar-refractivity contribution < 1.29 is 4.79 Å². The molecule has 1 atom stereocenters. The zero-order valence-electron chi connectivity index (χ0n) is 6.68. The molecule has 1 fully saturated rings. The van der Waals surface area contributed by atoms with Gasteiger partial charge in [0.15, 0.2) is 0 Å². The molecule has 1 amide bonds. The molecule has 1 saturated heterocycles. The van der Waals surface area contributed by atoms with E-state index in [9.17, 15) is 4.79 Å². The minimum absolute atomic E-state index is 0.251. The lowest BCUT2D eigenvalue weighted by Gasteiger charge is -2.24. The molecule has 1 aliphatic rings. The zero-order valence-corrected chi connectivity index (χ0v) is 6.68.